The second-order valence-corrected chi connectivity index (χ2v) is 5.91. The number of ether oxygens (including phenoxy) is 1. The molecule has 2 heterocycles. The van der Waals surface area contributed by atoms with Gasteiger partial charge in [0.15, 0.2) is 0 Å². The average Bonchev–Trinajstić information content (AvgIpc) is 2.92. The average molecular weight is 343 g/mol. The molecule has 0 saturated carbocycles. The van der Waals surface area contributed by atoms with Crippen LogP contribution in [0.15, 0.2) is 36.5 Å². The van der Waals surface area contributed by atoms with Crippen LogP contribution in [0.5, 0.6) is 0 Å². The zero-order chi connectivity index (χ0) is 17.3. The Morgan fingerprint density at radius 3 is 2.71 bits per heavy atom. The van der Waals surface area contributed by atoms with E-state index in [1.807, 2.05) is 13.0 Å². The molecule has 0 unspecified atom stereocenters. The predicted octanol–water partition coefficient (Wildman–Crippen LogP) is 3.47. The third-order valence-corrected chi connectivity index (χ3v) is 4.02. The van der Waals surface area contributed by atoms with Gasteiger partial charge in [-0.2, -0.15) is 0 Å². The van der Waals surface area contributed by atoms with Crippen molar-refractivity contribution in [3.8, 4) is 0 Å². The van der Waals surface area contributed by atoms with E-state index in [-0.39, 0.29) is 12.2 Å². The van der Waals surface area contributed by atoms with E-state index in [9.17, 15) is 9.59 Å². The highest BCUT2D eigenvalue weighted by atomic mass is 35.5. The van der Waals surface area contributed by atoms with Crippen LogP contribution in [-0.2, 0) is 16.0 Å². The summed E-state index contributed by atoms with van der Waals surface area (Å²) in [6.45, 7) is 1.90. The summed E-state index contributed by atoms with van der Waals surface area (Å²) in [6, 6.07) is 8.71. The molecule has 1 N–H and O–H groups in total. The van der Waals surface area contributed by atoms with Gasteiger partial charge in [-0.15, -0.1) is 0 Å². The van der Waals surface area contributed by atoms with Crippen molar-refractivity contribution < 1.29 is 14.3 Å². The number of nitrogens with zero attached hydrogens (tertiary/aromatic N) is 1. The molecular weight excluding hydrogens is 328 g/mol. The molecule has 0 radical (unpaired) electrons. The van der Waals surface area contributed by atoms with Crippen molar-refractivity contribution in [3.63, 3.8) is 0 Å². The van der Waals surface area contributed by atoms with Crippen molar-refractivity contribution in [2.45, 2.75) is 13.3 Å². The monoisotopic (exact) mass is 342 g/mol. The Hall–Kier alpha value is -2.66. The van der Waals surface area contributed by atoms with Crippen molar-refractivity contribution in [3.05, 3.63) is 64.1 Å². The highest BCUT2D eigenvalue weighted by Gasteiger charge is 2.22. The highest BCUT2D eigenvalue weighted by Crippen LogP contribution is 2.27. The van der Waals surface area contributed by atoms with Gasteiger partial charge in [-0.1, -0.05) is 17.7 Å². The lowest BCUT2D eigenvalue weighted by atomic mass is 10.0. The fourth-order valence-corrected chi connectivity index (χ4v) is 2.72. The predicted molar refractivity (Wildman–Crippen MR) is 91.4 cm³/mol. The summed E-state index contributed by atoms with van der Waals surface area (Å²) in [7, 11) is 1.31. The van der Waals surface area contributed by atoms with E-state index in [0.717, 1.165) is 16.5 Å². The van der Waals surface area contributed by atoms with Gasteiger partial charge in [-0.05, 0) is 36.8 Å². The van der Waals surface area contributed by atoms with Crippen molar-refractivity contribution in [1.29, 1.82) is 0 Å². The van der Waals surface area contributed by atoms with Gasteiger partial charge >= 0.3 is 5.97 Å². The molecule has 2 aromatic heterocycles. The molecule has 24 heavy (non-hydrogen) atoms. The van der Waals surface area contributed by atoms with Gasteiger partial charge in [-0.25, -0.2) is 0 Å². The van der Waals surface area contributed by atoms with Gasteiger partial charge in [0.2, 0.25) is 5.78 Å². The van der Waals surface area contributed by atoms with Gasteiger partial charge in [0.1, 0.15) is 5.69 Å². The third-order valence-electron chi connectivity index (χ3n) is 3.79. The Morgan fingerprint density at radius 1 is 1.25 bits per heavy atom. The number of methoxy groups -OCH3 is 1. The fraction of sp³-hybridized carbons (Fsp3) is 0.167. The van der Waals surface area contributed by atoms with E-state index in [2.05, 4.69) is 9.97 Å². The molecule has 0 saturated heterocycles. The first kappa shape index (κ1) is 16.2. The first-order valence-electron chi connectivity index (χ1n) is 7.34. The number of fused-ring (bicyclic) bond motifs is 1. The van der Waals surface area contributed by atoms with Crippen molar-refractivity contribution in [2.75, 3.05) is 7.11 Å². The number of H-pyrrole nitrogens is 1. The molecule has 6 heteroatoms. The van der Waals surface area contributed by atoms with Crippen LogP contribution in [0.2, 0.25) is 5.02 Å². The quantitative estimate of drug-likeness (QED) is 0.582. The lowest BCUT2D eigenvalue weighted by molar-refractivity contribution is -0.139. The first-order chi connectivity index (χ1) is 11.5. The Bertz CT molecular complexity index is 929. The van der Waals surface area contributed by atoms with Crippen LogP contribution in [-0.4, -0.2) is 28.8 Å². The number of aromatic nitrogens is 2. The van der Waals surface area contributed by atoms with E-state index >= 15 is 0 Å². The minimum atomic E-state index is -0.429. The molecule has 0 amide bonds. The molecule has 0 aliphatic heterocycles. The molecule has 0 fully saturated rings. The minimum absolute atomic E-state index is 0.0240. The number of halogens is 1. The molecule has 1 aromatic carbocycles. The molecule has 5 nitrogen and oxygen atoms in total. The van der Waals surface area contributed by atoms with E-state index in [1.54, 1.807) is 30.5 Å². The molecule has 122 valence electrons. The van der Waals surface area contributed by atoms with Gasteiger partial charge in [0.25, 0.3) is 0 Å². The van der Waals surface area contributed by atoms with E-state index < -0.39 is 5.97 Å². The number of rotatable bonds is 4. The number of nitrogens with one attached hydrogen (secondary N) is 1. The maximum atomic E-state index is 12.8. The number of carbonyl (C=O) groups is 2. The summed E-state index contributed by atoms with van der Waals surface area (Å²) in [4.78, 5) is 31.8. The highest BCUT2D eigenvalue weighted by molar-refractivity contribution is 6.31. The third kappa shape index (κ3) is 3.03. The Kier molecular flexibility index (Phi) is 4.36. The lowest BCUT2D eigenvalue weighted by Gasteiger charge is -2.04. The van der Waals surface area contributed by atoms with Crippen LogP contribution in [0.25, 0.3) is 10.9 Å². The summed E-state index contributed by atoms with van der Waals surface area (Å²) in [5.74, 6) is -0.706. The van der Waals surface area contributed by atoms with Crippen LogP contribution >= 0.6 is 11.6 Å². The zero-order valence-corrected chi connectivity index (χ0v) is 14.0. The summed E-state index contributed by atoms with van der Waals surface area (Å²) in [6.07, 6.45) is 1.61. The van der Waals surface area contributed by atoms with Gasteiger partial charge in [-0.3, -0.25) is 14.6 Å². The van der Waals surface area contributed by atoms with E-state index in [1.165, 1.54) is 7.11 Å². The van der Waals surface area contributed by atoms with E-state index in [4.69, 9.17) is 16.3 Å². The maximum Gasteiger partial charge on any atom is 0.310 e. The Balaban J connectivity index is 2.15. The topological polar surface area (TPSA) is 72.1 Å². The maximum absolute atomic E-state index is 12.8. The SMILES string of the molecule is COC(=O)Cc1c(C(=O)c2ccc(C)cn2)[nH]c2ccc(Cl)cc12. The molecule has 0 aliphatic rings. The number of carbonyl (C=O) groups excluding carboxylic acids is 2. The molecular formula is C18H15ClN2O3. The van der Waals surface area contributed by atoms with Crippen molar-refractivity contribution in [1.82, 2.24) is 9.97 Å². The Morgan fingerprint density at radius 2 is 2.04 bits per heavy atom. The Labute approximate surface area is 143 Å². The molecule has 0 bridgehead atoms. The van der Waals surface area contributed by atoms with Gasteiger partial charge in [0, 0.05) is 27.7 Å². The van der Waals surface area contributed by atoms with Crippen LogP contribution < -0.4 is 0 Å². The van der Waals surface area contributed by atoms with Crippen molar-refractivity contribution >= 4 is 34.3 Å². The number of ketones is 1. The number of benzene rings is 1. The number of hydrogen-bond acceptors (Lipinski definition) is 4. The second kappa shape index (κ2) is 6.45. The largest absolute Gasteiger partial charge is 0.469 e. The van der Waals surface area contributed by atoms with Crippen molar-refractivity contribution in [2.24, 2.45) is 0 Å². The number of esters is 1. The van der Waals surface area contributed by atoms with Crippen LogP contribution in [0, 0.1) is 6.92 Å². The zero-order valence-electron chi connectivity index (χ0n) is 13.2. The van der Waals surface area contributed by atoms with Gasteiger partial charge < -0.3 is 9.72 Å². The van der Waals surface area contributed by atoms with E-state index in [0.29, 0.717) is 22.0 Å². The smallest absolute Gasteiger partial charge is 0.310 e. The number of aromatic amines is 1. The fourth-order valence-electron chi connectivity index (χ4n) is 2.54. The summed E-state index contributed by atoms with van der Waals surface area (Å²) < 4.78 is 4.75. The molecule has 0 spiro atoms. The summed E-state index contributed by atoms with van der Waals surface area (Å²) >= 11 is 6.06. The molecule has 3 rings (SSSR count). The van der Waals surface area contributed by atoms with Gasteiger partial charge in [0.05, 0.1) is 19.2 Å². The van der Waals surface area contributed by atoms with Crippen LogP contribution in [0.3, 0.4) is 0 Å². The minimum Gasteiger partial charge on any atom is -0.469 e. The second-order valence-electron chi connectivity index (χ2n) is 5.47. The molecule has 3 aromatic rings. The van der Waals surface area contributed by atoms with Crippen LogP contribution in [0.1, 0.15) is 27.3 Å². The normalized spacial score (nSPS) is 10.8. The standard InChI is InChI=1S/C18H15ClN2O3/c1-10-3-5-15(20-9-10)18(23)17-13(8-16(22)24-2)12-7-11(19)4-6-14(12)21-17/h3-7,9,21H,8H2,1-2H3. The number of hydrogen-bond donors (Lipinski definition) is 1. The summed E-state index contributed by atoms with van der Waals surface area (Å²) in [5.41, 5.74) is 2.89. The lowest BCUT2D eigenvalue weighted by Crippen LogP contribution is -2.11. The first-order valence-corrected chi connectivity index (χ1v) is 7.71. The molecule has 0 atom stereocenters. The number of aryl methyl sites for hydroxylation is 1. The van der Waals surface area contributed by atoms with Crippen LogP contribution in [0.4, 0.5) is 0 Å². The summed E-state index contributed by atoms with van der Waals surface area (Å²) in [5, 5.41) is 1.25. The number of pyridine rings is 1. The molecule has 0 aliphatic carbocycles.